The fourth-order valence-corrected chi connectivity index (χ4v) is 1.86. The number of nitrogens with one attached hydrogen (secondary N) is 1. The van der Waals surface area contributed by atoms with Crippen LogP contribution < -0.4 is 4.72 Å². The summed E-state index contributed by atoms with van der Waals surface area (Å²) in [6, 6.07) is 0. The van der Waals surface area contributed by atoms with E-state index in [9.17, 15) is 13.2 Å². The quantitative estimate of drug-likeness (QED) is 0.829. The van der Waals surface area contributed by atoms with E-state index in [1.165, 1.54) is 24.6 Å². The summed E-state index contributed by atoms with van der Waals surface area (Å²) >= 11 is 0. The van der Waals surface area contributed by atoms with Gasteiger partial charge >= 0.3 is 16.3 Å². The van der Waals surface area contributed by atoms with Gasteiger partial charge in [-0.05, 0) is 38.5 Å². The molecule has 100 valence electrons. The lowest BCUT2D eigenvalue weighted by molar-refractivity contribution is 0.0568. The van der Waals surface area contributed by atoms with Crippen LogP contribution >= 0.6 is 0 Å². The summed E-state index contributed by atoms with van der Waals surface area (Å²) in [5.74, 6) is 0. The largest absolute Gasteiger partial charge is 0.443 e. The first-order valence-corrected chi connectivity index (χ1v) is 6.64. The SMILES string of the molecule is C=C1C=CN(S(=O)(=O)NC(=O)OC(C)(C)C)C=C1. The average Bonchev–Trinajstić information content (AvgIpc) is 2.13. The summed E-state index contributed by atoms with van der Waals surface area (Å²) in [6.45, 7) is 8.56. The molecule has 1 aliphatic rings. The van der Waals surface area contributed by atoms with Gasteiger partial charge < -0.3 is 4.74 Å². The summed E-state index contributed by atoms with van der Waals surface area (Å²) < 4.78 is 31.1. The molecule has 1 aliphatic heterocycles. The molecule has 0 aromatic rings. The van der Waals surface area contributed by atoms with Crippen LogP contribution in [0.25, 0.3) is 0 Å². The maximum atomic E-state index is 11.8. The Labute approximate surface area is 107 Å². The first-order valence-electron chi connectivity index (χ1n) is 5.20. The highest BCUT2D eigenvalue weighted by Crippen LogP contribution is 2.12. The van der Waals surface area contributed by atoms with Crippen LogP contribution in [0.5, 0.6) is 0 Å². The molecule has 1 heterocycles. The number of hydrogen-bond donors (Lipinski definition) is 1. The van der Waals surface area contributed by atoms with E-state index < -0.39 is 21.9 Å². The minimum atomic E-state index is -3.98. The summed E-state index contributed by atoms with van der Waals surface area (Å²) in [5, 5.41) is 0. The highest BCUT2D eigenvalue weighted by molar-refractivity contribution is 7.87. The van der Waals surface area contributed by atoms with Crippen molar-refractivity contribution in [1.82, 2.24) is 9.03 Å². The number of rotatable bonds is 2. The van der Waals surface area contributed by atoms with Crippen LogP contribution in [0.15, 0.2) is 36.7 Å². The van der Waals surface area contributed by atoms with Crippen molar-refractivity contribution < 1.29 is 17.9 Å². The smallest absolute Gasteiger partial charge is 0.422 e. The highest BCUT2D eigenvalue weighted by atomic mass is 32.2. The van der Waals surface area contributed by atoms with E-state index >= 15 is 0 Å². The minimum Gasteiger partial charge on any atom is -0.443 e. The Morgan fingerprint density at radius 2 is 1.83 bits per heavy atom. The molecule has 0 bridgehead atoms. The number of carbonyl (C=O) groups excluding carboxylic acids is 1. The highest BCUT2D eigenvalue weighted by Gasteiger charge is 2.24. The van der Waals surface area contributed by atoms with Crippen molar-refractivity contribution in [2.45, 2.75) is 26.4 Å². The van der Waals surface area contributed by atoms with Crippen molar-refractivity contribution in [3.05, 3.63) is 36.7 Å². The molecule has 1 N–H and O–H groups in total. The van der Waals surface area contributed by atoms with Gasteiger partial charge in [0, 0.05) is 12.4 Å². The second kappa shape index (κ2) is 4.85. The molecule has 18 heavy (non-hydrogen) atoms. The first-order chi connectivity index (χ1) is 8.10. The summed E-state index contributed by atoms with van der Waals surface area (Å²) in [5.41, 5.74) is -0.0970. The van der Waals surface area contributed by atoms with E-state index in [1.807, 2.05) is 0 Å². The van der Waals surface area contributed by atoms with Crippen LogP contribution in [0.1, 0.15) is 20.8 Å². The summed E-state index contributed by atoms with van der Waals surface area (Å²) in [7, 11) is -3.98. The zero-order valence-electron chi connectivity index (χ0n) is 10.5. The van der Waals surface area contributed by atoms with Crippen LogP contribution in [0.2, 0.25) is 0 Å². The maximum absolute atomic E-state index is 11.8. The number of amides is 1. The van der Waals surface area contributed by atoms with Gasteiger partial charge in [0.05, 0.1) is 0 Å². The fraction of sp³-hybridized carbons (Fsp3) is 0.364. The molecule has 0 atom stereocenters. The standard InChI is InChI=1S/C11H16N2O4S/c1-9-5-7-13(8-6-9)18(15,16)12-10(14)17-11(2,3)4/h5-8H,1H2,2-4H3,(H,12,14). The lowest BCUT2D eigenvalue weighted by Gasteiger charge is -2.22. The Hall–Kier alpha value is -1.76. The van der Waals surface area contributed by atoms with Crippen molar-refractivity contribution in [1.29, 1.82) is 0 Å². The molecular weight excluding hydrogens is 256 g/mol. The molecule has 6 nitrogen and oxygen atoms in total. The van der Waals surface area contributed by atoms with Gasteiger partial charge in [0.15, 0.2) is 0 Å². The van der Waals surface area contributed by atoms with Crippen LogP contribution in [0, 0.1) is 0 Å². The number of ether oxygens (including phenoxy) is 1. The molecule has 0 aromatic heterocycles. The van der Waals surface area contributed by atoms with Crippen molar-refractivity contribution in [3.8, 4) is 0 Å². The molecule has 1 rings (SSSR count). The van der Waals surface area contributed by atoms with Gasteiger partial charge in [0.2, 0.25) is 0 Å². The molecule has 1 amide bonds. The van der Waals surface area contributed by atoms with Crippen LogP contribution in [0.4, 0.5) is 4.79 Å². The Kier molecular flexibility index (Phi) is 3.85. The monoisotopic (exact) mass is 272 g/mol. The van der Waals surface area contributed by atoms with Crippen LogP contribution in [-0.4, -0.2) is 24.4 Å². The topological polar surface area (TPSA) is 75.7 Å². The van der Waals surface area contributed by atoms with Crippen molar-refractivity contribution >= 4 is 16.3 Å². The van der Waals surface area contributed by atoms with Gasteiger partial charge in [-0.2, -0.15) is 8.42 Å². The molecule has 0 aliphatic carbocycles. The maximum Gasteiger partial charge on any atom is 0.422 e. The van der Waals surface area contributed by atoms with E-state index in [0.717, 1.165) is 4.31 Å². The van der Waals surface area contributed by atoms with E-state index in [-0.39, 0.29) is 0 Å². The molecular formula is C11H16N2O4S. The zero-order valence-corrected chi connectivity index (χ0v) is 11.3. The third-order valence-corrected chi connectivity index (χ3v) is 2.98. The normalized spacial score (nSPS) is 15.7. The van der Waals surface area contributed by atoms with Crippen LogP contribution in [0.3, 0.4) is 0 Å². The zero-order chi connectivity index (χ0) is 14.0. The first kappa shape index (κ1) is 14.3. The molecule has 0 saturated carbocycles. The Bertz CT molecular complexity index is 496. The van der Waals surface area contributed by atoms with Gasteiger partial charge in [-0.3, -0.25) is 0 Å². The van der Waals surface area contributed by atoms with Gasteiger partial charge in [-0.15, -0.1) is 0 Å². The molecule has 0 saturated heterocycles. The Balaban J connectivity index is 2.72. The number of hydrogen-bond acceptors (Lipinski definition) is 4. The van der Waals surface area contributed by atoms with Gasteiger partial charge in [-0.1, -0.05) is 6.58 Å². The molecule has 7 heteroatoms. The van der Waals surface area contributed by atoms with Crippen molar-refractivity contribution in [2.75, 3.05) is 0 Å². The molecule has 0 radical (unpaired) electrons. The fourth-order valence-electron chi connectivity index (χ4n) is 1.06. The molecule has 0 spiro atoms. The van der Waals surface area contributed by atoms with E-state index in [4.69, 9.17) is 4.74 Å². The second-order valence-corrected chi connectivity index (χ2v) is 6.22. The van der Waals surface area contributed by atoms with Gasteiger partial charge in [0.25, 0.3) is 0 Å². The summed E-state index contributed by atoms with van der Waals surface area (Å²) in [6.07, 6.45) is 4.57. The minimum absolute atomic E-state index is 0.665. The Morgan fingerprint density at radius 3 is 2.28 bits per heavy atom. The summed E-state index contributed by atoms with van der Waals surface area (Å²) in [4.78, 5) is 11.4. The Morgan fingerprint density at radius 1 is 1.33 bits per heavy atom. The number of allylic oxidation sites excluding steroid dienone is 3. The van der Waals surface area contributed by atoms with Crippen molar-refractivity contribution in [2.24, 2.45) is 0 Å². The third kappa shape index (κ3) is 4.25. The second-order valence-electron chi connectivity index (χ2n) is 4.65. The predicted molar refractivity (Wildman–Crippen MR) is 67.5 cm³/mol. The number of nitrogens with zero attached hydrogens (tertiary/aromatic N) is 1. The predicted octanol–water partition coefficient (Wildman–Crippen LogP) is 1.66. The average molecular weight is 272 g/mol. The molecule has 0 fully saturated rings. The van der Waals surface area contributed by atoms with Gasteiger partial charge in [-0.25, -0.2) is 13.8 Å². The molecule has 0 unspecified atom stereocenters. The van der Waals surface area contributed by atoms with E-state index in [0.29, 0.717) is 5.57 Å². The van der Waals surface area contributed by atoms with Crippen molar-refractivity contribution in [3.63, 3.8) is 0 Å². The lowest BCUT2D eigenvalue weighted by atomic mass is 10.2. The van der Waals surface area contributed by atoms with Gasteiger partial charge in [0.1, 0.15) is 5.60 Å². The molecule has 0 aromatic carbocycles. The lowest BCUT2D eigenvalue weighted by Crippen LogP contribution is -2.41. The van der Waals surface area contributed by atoms with E-state index in [1.54, 1.807) is 25.5 Å². The number of carbonyl (C=O) groups is 1. The van der Waals surface area contributed by atoms with Crippen LogP contribution in [-0.2, 0) is 14.9 Å². The van der Waals surface area contributed by atoms with E-state index in [2.05, 4.69) is 6.58 Å². The third-order valence-electron chi connectivity index (χ3n) is 1.76.